The SMILES string of the molecule is CNC(c1cc(C)ccc1C)C1CCCC1(C)C. The van der Waals surface area contributed by atoms with Crippen LogP contribution in [0.3, 0.4) is 0 Å². The average molecular weight is 245 g/mol. The van der Waals surface area contributed by atoms with E-state index in [9.17, 15) is 0 Å². The lowest BCUT2D eigenvalue weighted by Crippen LogP contribution is -2.32. The van der Waals surface area contributed by atoms with E-state index in [1.54, 1.807) is 0 Å². The van der Waals surface area contributed by atoms with Crippen LogP contribution in [0.2, 0.25) is 0 Å². The van der Waals surface area contributed by atoms with Gasteiger partial charge in [-0.2, -0.15) is 0 Å². The third kappa shape index (κ3) is 2.47. The minimum absolute atomic E-state index is 0.462. The summed E-state index contributed by atoms with van der Waals surface area (Å²) in [7, 11) is 2.11. The first kappa shape index (κ1) is 13.6. The summed E-state index contributed by atoms with van der Waals surface area (Å²) in [4.78, 5) is 0. The summed E-state index contributed by atoms with van der Waals surface area (Å²) in [6.07, 6.45) is 4.09. The summed E-state index contributed by atoms with van der Waals surface area (Å²) in [6.45, 7) is 9.29. The van der Waals surface area contributed by atoms with Crippen LogP contribution >= 0.6 is 0 Å². The molecule has 1 aromatic rings. The fourth-order valence-electron chi connectivity index (χ4n) is 3.64. The van der Waals surface area contributed by atoms with Crippen molar-refractivity contribution >= 4 is 0 Å². The van der Waals surface area contributed by atoms with E-state index in [1.165, 1.54) is 36.0 Å². The Bertz CT molecular complexity index is 420. The van der Waals surface area contributed by atoms with Crippen LogP contribution in [0, 0.1) is 25.2 Å². The normalized spacial score (nSPS) is 24.2. The first-order valence-electron chi connectivity index (χ1n) is 7.20. The van der Waals surface area contributed by atoms with E-state index in [0.717, 1.165) is 5.92 Å². The van der Waals surface area contributed by atoms with Crippen molar-refractivity contribution in [2.24, 2.45) is 11.3 Å². The predicted molar refractivity (Wildman–Crippen MR) is 78.8 cm³/mol. The summed E-state index contributed by atoms with van der Waals surface area (Å²) in [5.41, 5.74) is 4.75. The molecule has 0 radical (unpaired) electrons. The zero-order valence-electron chi connectivity index (χ0n) is 12.5. The number of hydrogen-bond acceptors (Lipinski definition) is 1. The van der Waals surface area contributed by atoms with Gasteiger partial charge in [-0.25, -0.2) is 0 Å². The second-order valence-corrected chi connectivity index (χ2v) is 6.61. The highest BCUT2D eigenvalue weighted by molar-refractivity contribution is 5.34. The molecule has 0 spiro atoms. The fourth-order valence-corrected chi connectivity index (χ4v) is 3.64. The zero-order chi connectivity index (χ0) is 13.3. The molecule has 2 atom stereocenters. The van der Waals surface area contributed by atoms with E-state index >= 15 is 0 Å². The molecule has 18 heavy (non-hydrogen) atoms. The van der Waals surface area contributed by atoms with E-state index < -0.39 is 0 Å². The smallest absolute Gasteiger partial charge is 0.0354 e. The molecular formula is C17H27N. The number of nitrogens with one attached hydrogen (secondary N) is 1. The molecule has 1 aliphatic rings. The number of aryl methyl sites for hydroxylation is 2. The highest BCUT2D eigenvalue weighted by Crippen LogP contribution is 2.49. The average Bonchev–Trinajstić information content (AvgIpc) is 2.65. The minimum Gasteiger partial charge on any atom is -0.313 e. The zero-order valence-corrected chi connectivity index (χ0v) is 12.5. The third-order valence-electron chi connectivity index (χ3n) is 4.82. The van der Waals surface area contributed by atoms with Crippen molar-refractivity contribution in [2.45, 2.75) is 53.0 Å². The molecule has 0 bridgehead atoms. The van der Waals surface area contributed by atoms with Gasteiger partial charge in [0.25, 0.3) is 0 Å². The van der Waals surface area contributed by atoms with Gasteiger partial charge >= 0.3 is 0 Å². The van der Waals surface area contributed by atoms with Gasteiger partial charge in [-0.15, -0.1) is 0 Å². The first-order chi connectivity index (χ1) is 8.45. The van der Waals surface area contributed by atoms with Crippen LogP contribution in [0.25, 0.3) is 0 Å². The molecule has 0 aromatic heterocycles. The molecule has 0 saturated heterocycles. The van der Waals surface area contributed by atoms with Crippen molar-refractivity contribution in [1.29, 1.82) is 0 Å². The molecule has 2 unspecified atom stereocenters. The van der Waals surface area contributed by atoms with Crippen LogP contribution in [-0.2, 0) is 0 Å². The molecule has 1 aromatic carbocycles. The van der Waals surface area contributed by atoms with Crippen LogP contribution in [0.1, 0.15) is 55.8 Å². The van der Waals surface area contributed by atoms with Gasteiger partial charge in [0.1, 0.15) is 0 Å². The van der Waals surface area contributed by atoms with Crippen molar-refractivity contribution in [3.8, 4) is 0 Å². The van der Waals surface area contributed by atoms with E-state index in [4.69, 9.17) is 0 Å². The Hall–Kier alpha value is -0.820. The Morgan fingerprint density at radius 3 is 2.56 bits per heavy atom. The van der Waals surface area contributed by atoms with Crippen molar-refractivity contribution in [1.82, 2.24) is 5.32 Å². The summed E-state index contributed by atoms with van der Waals surface area (Å²) < 4.78 is 0. The van der Waals surface area contributed by atoms with Crippen LogP contribution in [0.15, 0.2) is 18.2 Å². The summed E-state index contributed by atoms with van der Waals surface area (Å²) in [5, 5.41) is 3.58. The Balaban J connectivity index is 2.36. The third-order valence-corrected chi connectivity index (χ3v) is 4.82. The second kappa shape index (κ2) is 5.05. The van der Waals surface area contributed by atoms with Crippen LogP contribution < -0.4 is 5.32 Å². The second-order valence-electron chi connectivity index (χ2n) is 6.61. The Morgan fingerprint density at radius 1 is 1.28 bits per heavy atom. The highest BCUT2D eigenvalue weighted by Gasteiger charge is 2.39. The van der Waals surface area contributed by atoms with Gasteiger partial charge in [0.05, 0.1) is 0 Å². The molecular weight excluding hydrogens is 218 g/mol. The molecule has 1 saturated carbocycles. The molecule has 0 aliphatic heterocycles. The standard InChI is InChI=1S/C17H27N/c1-12-8-9-13(2)14(11-12)16(18-5)15-7-6-10-17(15,3)4/h8-9,11,15-16,18H,6-7,10H2,1-5H3. The van der Waals surface area contributed by atoms with Crippen molar-refractivity contribution in [2.75, 3.05) is 7.05 Å². The Labute approximate surface area is 112 Å². The molecule has 1 fully saturated rings. The lowest BCUT2D eigenvalue weighted by molar-refractivity contribution is 0.203. The molecule has 1 heteroatoms. The molecule has 2 rings (SSSR count). The van der Waals surface area contributed by atoms with Crippen LogP contribution in [0.5, 0.6) is 0 Å². The molecule has 0 amide bonds. The predicted octanol–water partition coefficient (Wildman–Crippen LogP) is 4.39. The van der Waals surface area contributed by atoms with Crippen molar-refractivity contribution < 1.29 is 0 Å². The molecule has 1 nitrogen and oxygen atoms in total. The summed E-state index contributed by atoms with van der Waals surface area (Å²) in [6, 6.07) is 7.34. The highest BCUT2D eigenvalue weighted by atomic mass is 14.9. The maximum absolute atomic E-state index is 3.58. The summed E-state index contributed by atoms with van der Waals surface area (Å²) in [5.74, 6) is 0.753. The number of hydrogen-bond donors (Lipinski definition) is 1. The molecule has 1 aliphatic carbocycles. The fraction of sp³-hybridized carbons (Fsp3) is 0.647. The quantitative estimate of drug-likeness (QED) is 0.832. The number of benzene rings is 1. The Morgan fingerprint density at radius 2 is 2.00 bits per heavy atom. The van der Waals surface area contributed by atoms with Gasteiger partial charge in [0.15, 0.2) is 0 Å². The maximum atomic E-state index is 3.58. The van der Waals surface area contributed by atoms with Gasteiger partial charge < -0.3 is 5.32 Å². The monoisotopic (exact) mass is 245 g/mol. The van der Waals surface area contributed by atoms with E-state index in [-0.39, 0.29) is 0 Å². The minimum atomic E-state index is 0.462. The van der Waals surface area contributed by atoms with E-state index in [2.05, 4.69) is 58.3 Å². The largest absolute Gasteiger partial charge is 0.313 e. The first-order valence-corrected chi connectivity index (χ1v) is 7.20. The van der Waals surface area contributed by atoms with Crippen LogP contribution in [0.4, 0.5) is 0 Å². The van der Waals surface area contributed by atoms with Gasteiger partial charge in [0, 0.05) is 6.04 Å². The lowest BCUT2D eigenvalue weighted by atomic mass is 9.74. The molecule has 100 valence electrons. The van der Waals surface area contributed by atoms with Crippen molar-refractivity contribution in [3.05, 3.63) is 34.9 Å². The van der Waals surface area contributed by atoms with Gasteiger partial charge in [0.2, 0.25) is 0 Å². The number of rotatable bonds is 3. The van der Waals surface area contributed by atoms with Crippen molar-refractivity contribution in [3.63, 3.8) is 0 Å². The van der Waals surface area contributed by atoms with Gasteiger partial charge in [-0.1, -0.05) is 44.0 Å². The van der Waals surface area contributed by atoms with Crippen LogP contribution in [-0.4, -0.2) is 7.05 Å². The lowest BCUT2D eigenvalue weighted by Gasteiger charge is -2.35. The maximum Gasteiger partial charge on any atom is 0.0354 e. The van der Waals surface area contributed by atoms with Gasteiger partial charge in [-0.05, 0) is 56.2 Å². The summed E-state index contributed by atoms with van der Waals surface area (Å²) >= 11 is 0. The molecule has 1 N–H and O–H groups in total. The Kier molecular flexibility index (Phi) is 3.82. The topological polar surface area (TPSA) is 12.0 Å². The van der Waals surface area contributed by atoms with Gasteiger partial charge in [-0.3, -0.25) is 0 Å². The van der Waals surface area contributed by atoms with E-state index in [0.29, 0.717) is 11.5 Å². The van der Waals surface area contributed by atoms with E-state index in [1.807, 2.05) is 0 Å². The molecule has 0 heterocycles.